The van der Waals surface area contributed by atoms with Crippen molar-refractivity contribution in [2.75, 3.05) is 6.61 Å². The van der Waals surface area contributed by atoms with E-state index in [4.69, 9.17) is 5.73 Å². The molecule has 1 rings (SSSR count). The third kappa shape index (κ3) is 4.93. The number of halogens is 10. The third-order valence-electron chi connectivity index (χ3n) is 3.01. The van der Waals surface area contributed by atoms with Crippen molar-refractivity contribution < 1.29 is 49.0 Å². The fourth-order valence-corrected chi connectivity index (χ4v) is 1.87. The van der Waals surface area contributed by atoms with E-state index in [1.54, 1.807) is 0 Å². The molecule has 150 valence electrons. The van der Waals surface area contributed by atoms with Crippen LogP contribution in [0.5, 0.6) is 0 Å². The molecule has 0 spiro atoms. The van der Waals surface area contributed by atoms with Crippen molar-refractivity contribution in [3.8, 4) is 0 Å². The molecule has 0 unspecified atom stereocenters. The number of hydrogen-bond donors (Lipinski definition) is 1. The fourth-order valence-electron chi connectivity index (χ4n) is 1.87. The van der Waals surface area contributed by atoms with Crippen molar-refractivity contribution in [2.45, 2.75) is 31.2 Å². The first-order valence-electron chi connectivity index (χ1n) is 6.42. The minimum Gasteiger partial charge on any atom is -0.462 e. The number of alkyl halides is 8. The summed E-state index contributed by atoms with van der Waals surface area (Å²) >= 11 is 0. The summed E-state index contributed by atoms with van der Waals surface area (Å²) < 4.78 is 122. The molecule has 0 bridgehead atoms. The SMILES string of the molecule is CCOC(=O)C(F)(F)[C@@H](N)c1c(F)cc(C(F)(F)F)cc1C(F)(F)F.Cl. The molecule has 0 aromatic heterocycles. The molecule has 2 N–H and O–H groups in total. The quantitative estimate of drug-likeness (QED) is 0.578. The Morgan fingerprint density at radius 2 is 1.58 bits per heavy atom. The van der Waals surface area contributed by atoms with Crippen LogP contribution < -0.4 is 5.73 Å². The summed E-state index contributed by atoms with van der Waals surface area (Å²) in [7, 11) is 0. The van der Waals surface area contributed by atoms with Crippen molar-refractivity contribution in [2.24, 2.45) is 5.73 Å². The number of nitrogens with two attached hydrogens (primary N) is 1. The van der Waals surface area contributed by atoms with Gasteiger partial charge in [0.1, 0.15) is 11.9 Å². The van der Waals surface area contributed by atoms with Crippen molar-refractivity contribution in [1.29, 1.82) is 0 Å². The second-order valence-electron chi connectivity index (χ2n) is 4.74. The maximum atomic E-state index is 13.8. The molecule has 0 saturated carbocycles. The number of carbonyl (C=O) groups is 1. The molecule has 0 aliphatic heterocycles. The minimum absolute atomic E-state index is 0. The van der Waals surface area contributed by atoms with E-state index in [1.807, 2.05) is 0 Å². The Balaban J connectivity index is 0.00000625. The van der Waals surface area contributed by atoms with E-state index in [0.29, 0.717) is 0 Å². The lowest BCUT2D eigenvalue weighted by Gasteiger charge is -2.25. The van der Waals surface area contributed by atoms with E-state index < -0.39 is 71.5 Å². The van der Waals surface area contributed by atoms with E-state index >= 15 is 0 Å². The summed E-state index contributed by atoms with van der Waals surface area (Å²) in [6, 6.07) is -4.18. The highest BCUT2D eigenvalue weighted by Crippen LogP contribution is 2.43. The van der Waals surface area contributed by atoms with E-state index in [-0.39, 0.29) is 12.4 Å². The minimum atomic E-state index is -5.64. The van der Waals surface area contributed by atoms with Crippen LogP contribution in [0, 0.1) is 5.82 Å². The lowest BCUT2D eigenvalue weighted by Crippen LogP contribution is -2.43. The van der Waals surface area contributed by atoms with Gasteiger partial charge in [0.25, 0.3) is 0 Å². The molecule has 26 heavy (non-hydrogen) atoms. The number of benzene rings is 1. The number of hydrogen-bond acceptors (Lipinski definition) is 3. The predicted molar refractivity (Wildman–Crippen MR) is 72.2 cm³/mol. The molecular weight excluding hydrogens is 409 g/mol. The van der Waals surface area contributed by atoms with Crippen LogP contribution in [0.15, 0.2) is 12.1 Å². The van der Waals surface area contributed by atoms with Gasteiger partial charge in [-0.25, -0.2) is 9.18 Å². The second kappa shape index (κ2) is 7.91. The van der Waals surface area contributed by atoms with Gasteiger partial charge in [-0.3, -0.25) is 0 Å². The van der Waals surface area contributed by atoms with Gasteiger partial charge in [-0.15, -0.1) is 12.4 Å². The van der Waals surface area contributed by atoms with E-state index in [0.717, 1.165) is 6.92 Å². The Morgan fingerprint density at radius 3 is 1.96 bits per heavy atom. The zero-order valence-electron chi connectivity index (χ0n) is 12.6. The monoisotopic (exact) mass is 419 g/mol. The van der Waals surface area contributed by atoms with Gasteiger partial charge in [0.2, 0.25) is 0 Å². The standard InChI is InChI=1S/C13H10F9NO2.ClH/c1-2-25-10(24)11(15,16)9(23)8-6(13(20,21)22)3-5(4-7(8)14)12(17,18)19;/h3-4,9H,2,23H2,1H3;1H/t9-;/m0./s1. The van der Waals surface area contributed by atoms with Gasteiger partial charge in [-0.2, -0.15) is 35.1 Å². The van der Waals surface area contributed by atoms with Crippen molar-refractivity contribution in [3.63, 3.8) is 0 Å². The van der Waals surface area contributed by atoms with E-state index in [2.05, 4.69) is 4.74 Å². The van der Waals surface area contributed by atoms with Gasteiger partial charge < -0.3 is 10.5 Å². The highest BCUT2D eigenvalue weighted by molar-refractivity contribution is 5.85. The molecule has 0 radical (unpaired) electrons. The van der Waals surface area contributed by atoms with Gasteiger partial charge in [0.05, 0.1) is 17.7 Å². The van der Waals surface area contributed by atoms with Gasteiger partial charge in [-0.1, -0.05) is 0 Å². The zero-order valence-corrected chi connectivity index (χ0v) is 13.5. The van der Waals surface area contributed by atoms with Crippen LogP contribution in [0.3, 0.4) is 0 Å². The number of carbonyl (C=O) groups excluding carboxylic acids is 1. The number of rotatable bonds is 4. The molecule has 0 heterocycles. The Bertz CT molecular complexity index is 658. The van der Waals surface area contributed by atoms with Crippen LogP contribution in [0.2, 0.25) is 0 Å². The molecular formula is C13H11ClF9NO2. The summed E-state index contributed by atoms with van der Waals surface area (Å²) in [4.78, 5) is 11.1. The first-order chi connectivity index (χ1) is 11.1. The van der Waals surface area contributed by atoms with E-state index in [9.17, 15) is 44.3 Å². The normalized spacial score (nSPS) is 13.8. The smallest absolute Gasteiger partial charge is 0.416 e. The molecule has 1 atom stereocenters. The summed E-state index contributed by atoms with van der Waals surface area (Å²) in [5.41, 5.74) is -1.50. The van der Waals surface area contributed by atoms with Crippen molar-refractivity contribution in [3.05, 3.63) is 34.6 Å². The van der Waals surface area contributed by atoms with Crippen LogP contribution in [0.25, 0.3) is 0 Å². The highest BCUT2D eigenvalue weighted by Gasteiger charge is 2.52. The predicted octanol–water partition coefficient (Wildman–Crippen LogP) is 4.48. The summed E-state index contributed by atoms with van der Waals surface area (Å²) in [6.45, 7) is 0.530. The molecule has 1 aromatic carbocycles. The first kappa shape index (κ1) is 24.3. The molecule has 3 nitrogen and oxygen atoms in total. The fraction of sp³-hybridized carbons (Fsp3) is 0.462. The summed E-state index contributed by atoms with van der Waals surface area (Å²) in [5.74, 6) is -9.43. The summed E-state index contributed by atoms with van der Waals surface area (Å²) in [5, 5.41) is 0. The Kier molecular flexibility index (Phi) is 7.39. The maximum Gasteiger partial charge on any atom is 0.416 e. The molecule has 0 fully saturated rings. The van der Waals surface area contributed by atoms with Crippen LogP contribution in [0.4, 0.5) is 39.5 Å². The van der Waals surface area contributed by atoms with Gasteiger partial charge in [0.15, 0.2) is 0 Å². The molecule has 0 saturated heterocycles. The average Bonchev–Trinajstić information content (AvgIpc) is 2.43. The topological polar surface area (TPSA) is 52.3 Å². The van der Waals surface area contributed by atoms with Gasteiger partial charge >= 0.3 is 24.2 Å². The Labute approximate surface area is 146 Å². The molecule has 1 aromatic rings. The van der Waals surface area contributed by atoms with Crippen LogP contribution >= 0.6 is 12.4 Å². The van der Waals surface area contributed by atoms with Gasteiger partial charge in [0, 0.05) is 5.56 Å². The molecule has 0 aliphatic carbocycles. The second-order valence-corrected chi connectivity index (χ2v) is 4.74. The lowest BCUT2D eigenvalue weighted by atomic mass is 9.93. The highest BCUT2D eigenvalue weighted by atomic mass is 35.5. The largest absolute Gasteiger partial charge is 0.462 e. The average molecular weight is 420 g/mol. The van der Waals surface area contributed by atoms with Crippen molar-refractivity contribution >= 4 is 18.4 Å². The Morgan fingerprint density at radius 1 is 1.08 bits per heavy atom. The maximum absolute atomic E-state index is 13.8. The molecule has 13 heteroatoms. The number of ether oxygens (including phenoxy) is 1. The van der Waals surface area contributed by atoms with Crippen LogP contribution in [-0.4, -0.2) is 18.5 Å². The summed E-state index contributed by atoms with van der Waals surface area (Å²) in [6.07, 6.45) is -11.0. The zero-order chi connectivity index (χ0) is 19.8. The number of esters is 1. The Hall–Kier alpha value is -1.69. The van der Waals surface area contributed by atoms with Crippen molar-refractivity contribution in [1.82, 2.24) is 0 Å². The first-order valence-corrected chi connectivity index (χ1v) is 6.42. The molecule has 0 amide bonds. The van der Waals surface area contributed by atoms with Gasteiger partial charge in [-0.05, 0) is 19.1 Å². The van der Waals surface area contributed by atoms with E-state index in [1.165, 1.54) is 0 Å². The van der Waals surface area contributed by atoms with Crippen LogP contribution in [0.1, 0.15) is 29.7 Å². The van der Waals surface area contributed by atoms with Crippen LogP contribution in [-0.2, 0) is 21.9 Å². The lowest BCUT2D eigenvalue weighted by molar-refractivity contribution is -0.175. The third-order valence-corrected chi connectivity index (χ3v) is 3.01. The molecule has 0 aliphatic rings.